The van der Waals surface area contributed by atoms with Crippen LogP contribution in [0.15, 0.2) is 64.9 Å². The SMILES string of the molecule is C=CCN1C(=O)c2ccccc2Sc2ccc(C(=O)N[C@@H]3CCCC[C@@H]3C)cc21. The highest BCUT2D eigenvalue weighted by Gasteiger charge is 2.28. The Morgan fingerprint density at radius 1 is 1.21 bits per heavy atom. The van der Waals surface area contributed by atoms with Crippen LogP contribution in [-0.4, -0.2) is 24.4 Å². The summed E-state index contributed by atoms with van der Waals surface area (Å²) in [5.41, 5.74) is 2.04. The predicted molar refractivity (Wildman–Crippen MR) is 118 cm³/mol. The van der Waals surface area contributed by atoms with E-state index in [9.17, 15) is 9.59 Å². The zero-order valence-electron chi connectivity index (χ0n) is 16.7. The maximum atomic E-state index is 13.2. The number of anilines is 1. The van der Waals surface area contributed by atoms with Crippen LogP contribution in [0.3, 0.4) is 0 Å². The van der Waals surface area contributed by atoms with Crippen molar-refractivity contribution in [1.29, 1.82) is 0 Å². The number of nitrogens with one attached hydrogen (secondary N) is 1. The Morgan fingerprint density at radius 2 is 2.00 bits per heavy atom. The molecule has 2 atom stereocenters. The number of amides is 2. The molecule has 150 valence electrons. The average molecular weight is 407 g/mol. The number of hydrogen-bond donors (Lipinski definition) is 1. The Balaban J connectivity index is 1.67. The van der Waals surface area contributed by atoms with Crippen molar-refractivity contribution in [3.05, 3.63) is 66.2 Å². The van der Waals surface area contributed by atoms with Crippen molar-refractivity contribution < 1.29 is 9.59 Å². The quantitative estimate of drug-likeness (QED) is 0.702. The van der Waals surface area contributed by atoms with E-state index in [0.717, 1.165) is 34.7 Å². The molecule has 0 radical (unpaired) electrons. The summed E-state index contributed by atoms with van der Waals surface area (Å²) in [5.74, 6) is 0.368. The molecule has 0 saturated heterocycles. The van der Waals surface area contributed by atoms with Crippen LogP contribution in [0.5, 0.6) is 0 Å². The first-order valence-corrected chi connectivity index (χ1v) is 11.0. The van der Waals surface area contributed by atoms with Crippen LogP contribution >= 0.6 is 11.8 Å². The Labute approximate surface area is 176 Å². The third kappa shape index (κ3) is 3.97. The van der Waals surface area contributed by atoms with Gasteiger partial charge in [0.1, 0.15) is 0 Å². The fraction of sp³-hybridized carbons (Fsp3) is 0.333. The van der Waals surface area contributed by atoms with Crippen molar-refractivity contribution in [1.82, 2.24) is 5.32 Å². The Kier molecular flexibility index (Phi) is 5.76. The molecule has 2 aromatic carbocycles. The van der Waals surface area contributed by atoms with Crippen LogP contribution in [0.25, 0.3) is 0 Å². The zero-order chi connectivity index (χ0) is 20.4. The van der Waals surface area contributed by atoms with E-state index in [4.69, 9.17) is 0 Å². The van der Waals surface area contributed by atoms with Gasteiger partial charge in [0.05, 0.1) is 11.3 Å². The van der Waals surface area contributed by atoms with E-state index >= 15 is 0 Å². The standard InChI is InChI=1S/C24H26N2O2S/c1-3-14-26-20-15-17(23(27)25-19-10-6-4-8-16(19)2)12-13-22(20)29-21-11-7-5-9-18(21)24(26)28/h3,5,7,9,11-13,15-16,19H,1,4,6,8,10,14H2,2H3,(H,25,27)/t16-,19+/m0/s1. The highest BCUT2D eigenvalue weighted by atomic mass is 32.2. The molecule has 0 bridgehead atoms. The molecule has 2 amide bonds. The molecule has 4 rings (SSSR count). The van der Waals surface area contributed by atoms with E-state index in [-0.39, 0.29) is 17.9 Å². The normalized spacial score (nSPS) is 21.0. The van der Waals surface area contributed by atoms with E-state index < -0.39 is 0 Å². The third-order valence-corrected chi connectivity index (χ3v) is 6.98. The van der Waals surface area contributed by atoms with Gasteiger partial charge >= 0.3 is 0 Å². The molecule has 0 unspecified atom stereocenters. The second kappa shape index (κ2) is 8.46. The number of nitrogens with zero attached hydrogens (tertiary/aromatic N) is 1. The lowest BCUT2D eigenvalue weighted by Crippen LogP contribution is -2.41. The summed E-state index contributed by atoms with van der Waals surface area (Å²) in [7, 11) is 0. The Morgan fingerprint density at radius 3 is 2.79 bits per heavy atom. The van der Waals surface area contributed by atoms with Gasteiger partial charge in [0, 0.05) is 27.9 Å². The lowest BCUT2D eigenvalue weighted by atomic mass is 9.86. The molecule has 0 spiro atoms. The van der Waals surface area contributed by atoms with Gasteiger partial charge in [-0.1, -0.05) is 49.7 Å². The third-order valence-electron chi connectivity index (χ3n) is 5.83. The minimum absolute atomic E-state index is 0.0646. The minimum Gasteiger partial charge on any atom is -0.349 e. The molecule has 0 aromatic heterocycles. The van der Waals surface area contributed by atoms with Gasteiger partial charge in [0.2, 0.25) is 0 Å². The van der Waals surface area contributed by atoms with Gasteiger partial charge in [-0.25, -0.2) is 0 Å². The molecular formula is C24H26N2O2S. The largest absolute Gasteiger partial charge is 0.349 e. The van der Waals surface area contributed by atoms with Gasteiger partial charge in [-0.15, -0.1) is 6.58 Å². The molecule has 1 aliphatic carbocycles. The summed E-state index contributed by atoms with van der Waals surface area (Å²) in [4.78, 5) is 29.8. The molecule has 4 nitrogen and oxygen atoms in total. The van der Waals surface area contributed by atoms with Crippen LogP contribution in [0.2, 0.25) is 0 Å². The second-order valence-corrected chi connectivity index (χ2v) is 8.91. The number of benzene rings is 2. The van der Waals surface area contributed by atoms with Crippen LogP contribution in [0.4, 0.5) is 5.69 Å². The van der Waals surface area contributed by atoms with Crippen molar-refractivity contribution in [2.24, 2.45) is 5.92 Å². The van der Waals surface area contributed by atoms with Gasteiger partial charge in [-0.05, 0) is 49.1 Å². The van der Waals surface area contributed by atoms with Gasteiger partial charge in [-0.3, -0.25) is 9.59 Å². The van der Waals surface area contributed by atoms with Crippen LogP contribution in [0, 0.1) is 5.92 Å². The number of carbonyl (C=O) groups is 2. The molecule has 2 aliphatic rings. The lowest BCUT2D eigenvalue weighted by Gasteiger charge is -2.29. The molecule has 29 heavy (non-hydrogen) atoms. The average Bonchev–Trinajstić information content (AvgIpc) is 2.84. The first-order chi connectivity index (χ1) is 14.1. The van der Waals surface area contributed by atoms with Crippen molar-refractivity contribution in [2.45, 2.75) is 48.4 Å². The smallest absolute Gasteiger partial charge is 0.259 e. The van der Waals surface area contributed by atoms with Crippen LogP contribution in [-0.2, 0) is 0 Å². The molecule has 1 N–H and O–H groups in total. The topological polar surface area (TPSA) is 49.4 Å². The maximum Gasteiger partial charge on any atom is 0.259 e. The van der Waals surface area contributed by atoms with Crippen molar-refractivity contribution >= 4 is 29.3 Å². The second-order valence-electron chi connectivity index (χ2n) is 7.83. The first kappa shape index (κ1) is 19.8. The van der Waals surface area contributed by atoms with E-state index in [1.807, 2.05) is 42.5 Å². The van der Waals surface area contributed by atoms with Gasteiger partial charge in [0.25, 0.3) is 11.8 Å². The fourth-order valence-corrected chi connectivity index (χ4v) is 5.21. The van der Waals surface area contributed by atoms with E-state index in [2.05, 4.69) is 18.8 Å². The minimum atomic E-state index is -0.0655. The molecule has 1 fully saturated rings. The molecule has 1 saturated carbocycles. The van der Waals surface area contributed by atoms with E-state index in [1.54, 1.807) is 22.7 Å². The van der Waals surface area contributed by atoms with E-state index in [0.29, 0.717) is 23.6 Å². The van der Waals surface area contributed by atoms with Gasteiger partial charge < -0.3 is 10.2 Å². The van der Waals surface area contributed by atoms with Crippen molar-refractivity contribution in [2.75, 3.05) is 11.4 Å². The number of rotatable bonds is 4. The number of carbonyl (C=O) groups excluding carboxylic acids is 2. The summed E-state index contributed by atoms with van der Waals surface area (Å²) in [6, 6.07) is 13.5. The van der Waals surface area contributed by atoms with Crippen molar-refractivity contribution in [3.63, 3.8) is 0 Å². The summed E-state index contributed by atoms with van der Waals surface area (Å²) < 4.78 is 0. The molecule has 2 aromatic rings. The molecular weight excluding hydrogens is 380 g/mol. The summed E-state index contributed by atoms with van der Waals surface area (Å²) >= 11 is 1.56. The first-order valence-electron chi connectivity index (χ1n) is 10.2. The highest BCUT2D eigenvalue weighted by Crippen LogP contribution is 2.41. The van der Waals surface area contributed by atoms with E-state index in [1.165, 1.54) is 6.42 Å². The summed E-state index contributed by atoms with van der Waals surface area (Å²) in [5, 5.41) is 3.21. The van der Waals surface area contributed by atoms with Gasteiger partial charge in [-0.2, -0.15) is 0 Å². The van der Waals surface area contributed by atoms with Crippen molar-refractivity contribution in [3.8, 4) is 0 Å². The molecule has 5 heteroatoms. The van der Waals surface area contributed by atoms with Crippen LogP contribution < -0.4 is 10.2 Å². The maximum absolute atomic E-state index is 13.2. The predicted octanol–water partition coefficient (Wildman–Crippen LogP) is 5.29. The molecule has 1 aliphatic heterocycles. The van der Waals surface area contributed by atoms with Gasteiger partial charge in [0.15, 0.2) is 0 Å². The highest BCUT2D eigenvalue weighted by molar-refractivity contribution is 7.99. The lowest BCUT2D eigenvalue weighted by molar-refractivity contribution is 0.0908. The number of hydrogen-bond acceptors (Lipinski definition) is 3. The molecule has 1 heterocycles. The zero-order valence-corrected chi connectivity index (χ0v) is 17.5. The Hall–Kier alpha value is -2.53. The summed E-state index contributed by atoms with van der Waals surface area (Å²) in [6.45, 7) is 6.41. The monoisotopic (exact) mass is 406 g/mol. The van der Waals surface area contributed by atoms with Crippen LogP contribution in [0.1, 0.15) is 53.3 Å². The summed E-state index contributed by atoms with van der Waals surface area (Å²) in [6.07, 6.45) is 6.31. The Bertz CT molecular complexity index is 956. The fourth-order valence-electron chi connectivity index (χ4n) is 4.15. The number of fused-ring (bicyclic) bond motifs is 2.